The van der Waals surface area contributed by atoms with E-state index in [-0.39, 0.29) is 24.2 Å². The second kappa shape index (κ2) is 7.29. The maximum atomic E-state index is 13.0. The number of nitrogens with one attached hydrogen (secondary N) is 2. The van der Waals surface area contributed by atoms with Gasteiger partial charge in [0.1, 0.15) is 5.82 Å². The lowest BCUT2D eigenvalue weighted by atomic mass is 10.2. The van der Waals surface area contributed by atoms with Crippen LogP contribution < -0.4 is 15.5 Å². The summed E-state index contributed by atoms with van der Waals surface area (Å²) in [5, 5.41) is 6.11. The fraction of sp³-hybridized carbons (Fsp3) is 0.176. The summed E-state index contributed by atoms with van der Waals surface area (Å²) in [5.41, 5.74) is 1.09. The highest BCUT2D eigenvalue weighted by Crippen LogP contribution is 2.25. The number of carbonyl (C=O) groups excluding carboxylic acids is 2. The lowest BCUT2D eigenvalue weighted by molar-refractivity contribution is -0.117. The molecule has 2 aromatic carbocycles. The Morgan fingerprint density at radius 1 is 1.12 bits per heavy atom. The van der Waals surface area contributed by atoms with E-state index >= 15 is 0 Å². The van der Waals surface area contributed by atoms with E-state index in [0.717, 1.165) is 0 Å². The van der Waals surface area contributed by atoms with Crippen molar-refractivity contribution in [3.8, 4) is 0 Å². The Morgan fingerprint density at radius 3 is 2.52 bits per heavy atom. The number of benzene rings is 2. The SMILES string of the molecule is O=C(Nc1ccc(Cl)c(Cl)c1)NC1CC(=O)N(c2ccc(F)cc2)C1. The maximum absolute atomic E-state index is 13.0. The average Bonchev–Trinajstić information content (AvgIpc) is 2.92. The van der Waals surface area contributed by atoms with Crippen LogP contribution in [0.2, 0.25) is 10.0 Å². The monoisotopic (exact) mass is 381 g/mol. The molecule has 1 fully saturated rings. The Kier molecular flexibility index (Phi) is 5.11. The molecule has 0 bridgehead atoms. The topological polar surface area (TPSA) is 61.4 Å². The van der Waals surface area contributed by atoms with Crippen molar-refractivity contribution in [1.29, 1.82) is 0 Å². The van der Waals surface area contributed by atoms with Crippen LogP contribution in [0.15, 0.2) is 42.5 Å². The van der Waals surface area contributed by atoms with Gasteiger partial charge in [-0.25, -0.2) is 9.18 Å². The second-order valence-corrected chi connectivity index (χ2v) is 6.42. The molecule has 1 aliphatic heterocycles. The number of rotatable bonds is 3. The van der Waals surface area contributed by atoms with E-state index in [2.05, 4.69) is 10.6 Å². The van der Waals surface area contributed by atoms with Gasteiger partial charge in [-0.3, -0.25) is 4.79 Å². The largest absolute Gasteiger partial charge is 0.333 e. The molecule has 8 heteroatoms. The van der Waals surface area contributed by atoms with E-state index < -0.39 is 6.03 Å². The summed E-state index contributed by atoms with van der Waals surface area (Å²) in [6.07, 6.45) is 0.173. The van der Waals surface area contributed by atoms with E-state index in [1.54, 1.807) is 12.1 Å². The third kappa shape index (κ3) is 4.21. The number of carbonyl (C=O) groups is 2. The lowest BCUT2D eigenvalue weighted by Crippen LogP contribution is -2.39. The summed E-state index contributed by atoms with van der Waals surface area (Å²) >= 11 is 11.7. The van der Waals surface area contributed by atoms with Gasteiger partial charge in [-0.15, -0.1) is 0 Å². The van der Waals surface area contributed by atoms with Crippen LogP contribution in [0.5, 0.6) is 0 Å². The molecule has 3 rings (SSSR count). The number of hydrogen-bond donors (Lipinski definition) is 2. The van der Waals surface area contributed by atoms with Crippen LogP contribution in [-0.2, 0) is 4.79 Å². The molecule has 0 saturated carbocycles. The molecule has 1 unspecified atom stereocenters. The fourth-order valence-corrected chi connectivity index (χ4v) is 2.90. The Bertz CT molecular complexity index is 814. The number of hydrogen-bond acceptors (Lipinski definition) is 2. The van der Waals surface area contributed by atoms with Gasteiger partial charge < -0.3 is 15.5 Å². The third-order valence-corrected chi connectivity index (χ3v) is 4.52. The van der Waals surface area contributed by atoms with Gasteiger partial charge in [0, 0.05) is 24.3 Å². The highest BCUT2D eigenvalue weighted by atomic mass is 35.5. The van der Waals surface area contributed by atoms with Gasteiger partial charge in [0.05, 0.1) is 16.1 Å². The molecule has 2 N–H and O–H groups in total. The lowest BCUT2D eigenvalue weighted by Gasteiger charge is -2.17. The quantitative estimate of drug-likeness (QED) is 0.841. The van der Waals surface area contributed by atoms with Crippen LogP contribution in [0, 0.1) is 5.82 Å². The molecule has 130 valence electrons. The molecule has 1 atom stereocenters. The first-order valence-corrected chi connectivity index (χ1v) is 8.26. The molecule has 1 aliphatic rings. The predicted molar refractivity (Wildman–Crippen MR) is 95.8 cm³/mol. The summed E-state index contributed by atoms with van der Waals surface area (Å²) in [4.78, 5) is 25.7. The highest BCUT2D eigenvalue weighted by Gasteiger charge is 2.31. The van der Waals surface area contributed by atoms with Crippen molar-refractivity contribution >= 4 is 46.5 Å². The number of nitrogens with zero attached hydrogens (tertiary/aromatic N) is 1. The molecular weight excluding hydrogens is 368 g/mol. The molecule has 1 saturated heterocycles. The summed E-state index contributed by atoms with van der Waals surface area (Å²) in [7, 11) is 0. The van der Waals surface area contributed by atoms with Crippen LogP contribution >= 0.6 is 23.2 Å². The van der Waals surface area contributed by atoms with Gasteiger partial charge in [-0.2, -0.15) is 0 Å². The number of anilines is 2. The van der Waals surface area contributed by atoms with E-state index in [9.17, 15) is 14.0 Å². The number of amides is 3. The molecule has 0 radical (unpaired) electrons. The smallest absolute Gasteiger partial charge is 0.319 e. The first-order valence-electron chi connectivity index (χ1n) is 7.51. The molecule has 0 spiro atoms. The van der Waals surface area contributed by atoms with Crippen LogP contribution in [0.1, 0.15) is 6.42 Å². The van der Waals surface area contributed by atoms with Gasteiger partial charge in [0.15, 0.2) is 0 Å². The third-order valence-electron chi connectivity index (χ3n) is 3.78. The van der Waals surface area contributed by atoms with Crippen molar-refractivity contribution in [2.75, 3.05) is 16.8 Å². The first-order chi connectivity index (χ1) is 11.9. The maximum Gasteiger partial charge on any atom is 0.319 e. The van der Waals surface area contributed by atoms with Gasteiger partial charge >= 0.3 is 6.03 Å². The number of halogens is 3. The summed E-state index contributed by atoms with van der Waals surface area (Å²) in [6.45, 7) is 0.319. The van der Waals surface area contributed by atoms with E-state index in [4.69, 9.17) is 23.2 Å². The van der Waals surface area contributed by atoms with Gasteiger partial charge in [0.25, 0.3) is 0 Å². The van der Waals surface area contributed by atoms with E-state index in [1.807, 2.05) is 0 Å². The average molecular weight is 382 g/mol. The Labute approximate surface area is 153 Å². The molecule has 3 amide bonds. The highest BCUT2D eigenvalue weighted by molar-refractivity contribution is 6.42. The van der Waals surface area contributed by atoms with Crippen molar-refractivity contribution < 1.29 is 14.0 Å². The summed E-state index contributed by atoms with van der Waals surface area (Å²) < 4.78 is 13.0. The minimum Gasteiger partial charge on any atom is -0.333 e. The summed E-state index contributed by atoms with van der Waals surface area (Å²) in [6, 6.07) is 9.59. The van der Waals surface area contributed by atoms with Crippen molar-refractivity contribution in [3.05, 3.63) is 58.3 Å². The minimum absolute atomic E-state index is 0.133. The molecule has 0 aliphatic carbocycles. The van der Waals surface area contributed by atoms with Crippen LogP contribution in [0.3, 0.4) is 0 Å². The van der Waals surface area contributed by atoms with Crippen LogP contribution in [0.4, 0.5) is 20.6 Å². The fourth-order valence-electron chi connectivity index (χ4n) is 2.60. The first kappa shape index (κ1) is 17.5. The number of urea groups is 1. The molecule has 1 heterocycles. The van der Waals surface area contributed by atoms with Crippen molar-refractivity contribution in [3.63, 3.8) is 0 Å². The second-order valence-electron chi connectivity index (χ2n) is 5.61. The van der Waals surface area contributed by atoms with Gasteiger partial charge in [0.2, 0.25) is 5.91 Å². The predicted octanol–water partition coefficient (Wildman–Crippen LogP) is 4.06. The molecular formula is C17H14Cl2FN3O2. The van der Waals surface area contributed by atoms with Crippen molar-refractivity contribution in [2.45, 2.75) is 12.5 Å². The van der Waals surface area contributed by atoms with Crippen molar-refractivity contribution in [2.24, 2.45) is 0 Å². The van der Waals surface area contributed by atoms with Gasteiger partial charge in [-0.05, 0) is 42.5 Å². The zero-order chi connectivity index (χ0) is 18.0. The van der Waals surface area contributed by atoms with Crippen molar-refractivity contribution in [1.82, 2.24) is 5.32 Å². The Morgan fingerprint density at radius 2 is 1.84 bits per heavy atom. The Balaban J connectivity index is 1.60. The van der Waals surface area contributed by atoms with E-state index in [1.165, 1.54) is 35.2 Å². The molecule has 5 nitrogen and oxygen atoms in total. The van der Waals surface area contributed by atoms with E-state index in [0.29, 0.717) is 28.0 Å². The normalized spacial score (nSPS) is 16.8. The zero-order valence-corrected chi connectivity index (χ0v) is 14.4. The van der Waals surface area contributed by atoms with Crippen LogP contribution in [0.25, 0.3) is 0 Å². The standard InChI is InChI=1S/C17H14Cl2FN3O2/c18-14-6-3-11(7-15(14)19)21-17(25)22-12-8-16(24)23(9-12)13-4-1-10(20)2-5-13/h1-7,12H,8-9H2,(H2,21,22,25). The summed E-state index contributed by atoms with van der Waals surface area (Å²) in [5.74, 6) is -0.502. The zero-order valence-electron chi connectivity index (χ0n) is 12.9. The Hall–Kier alpha value is -2.31. The molecule has 25 heavy (non-hydrogen) atoms. The molecule has 0 aromatic heterocycles. The van der Waals surface area contributed by atoms with Crippen LogP contribution in [-0.4, -0.2) is 24.5 Å². The molecule has 2 aromatic rings. The minimum atomic E-state index is -0.447. The van der Waals surface area contributed by atoms with Gasteiger partial charge in [-0.1, -0.05) is 23.2 Å².